The number of nitrogens with zero attached hydrogens (tertiary/aromatic N) is 2. The molecule has 47 heavy (non-hydrogen) atoms. The van der Waals surface area contributed by atoms with Crippen molar-refractivity contribution < 1.29 is 22.4 Å². The van der Waals surface area contributed by atoms with Crippen LogP contribution >= 0.6 is 0 Å². The van der Waals surface area contributed by atoms with E-state index in [-0.39, 0.29) is 35.4 Å². The van der Waals surface area contributed by atoms with Crippen molar-refractivity contribution in [2.24, 2.45) is 0 Å². The lowest BCUT2D eigenvalue weighted by Crippen LogP contribution is -2.54. The zero-order valence-electron chi connectivity index (χ0n) is 27.2. The van der Waals surface area contributed by atoms with E-state index in [4.69, 9.17) is 0 Å². The Balaban J connectivity index is 1.59. The fourth-order valence-corrected chi connectivity index (χ4v) is 7.65. The van der Waals surface area contributed by atoms with E-state index in [0.29, 0.717) is 11.3 Å². The van der Waals surface area contributed by atoms with Gasteiger partial charge in [-0.3, -0.25) is 13.9 Å². The summed E-state index contributed by atoms with van der Waals surface area (Å²) < 4.78 is 44.8. The van der Waals surface area contributed by atoms with Crippen molar-refractivity contribution in [3.05, 3.63) is 131 Å². The van der Waals surface area contributed by atoms with E-state index in [2.05, 4.69) is 5.32 Å². The largest absolute Gasteiger partial charge is 0.352 e. The van der Waals surface area contributed by atoms with E-state index in [1.165, 1.54) is 23.1 Å². The smallest absolute Gasteiger partial charge is 0.264 e. The highest BCUT2D eigenvalue weighted by atomic mass is 32.2. The minimum Gasteiger partial charge on any atom is -0.352 e. The number of benzene rings is 4. The van der Waals surface area contributed by atoms with E-state index in [1.807, 2.05) is 50.2 Å². The summed E-state index contributed by atoms with van der Waals surface area (Å²) in [6.07, 6.45) is 3.89. The first-order valence-corrected chi connectivity index (χ1v) is 17.5. The van der Waals surface area contributed by atoms with Crippen LogP contribution in [0.25, 0.3) is 0 Å². The van der Waals surface area contributed by atoms with Gasteiger partial charge in [0.05, 0.1) is 10.6 Å². The van der Waals surface area contributed by atoms with Crippen LogP contribution in [-0.2, 0) is 32.6 Å². The average Bonchev–Trinajstić information content (AvgIpc) is 3.56. The highest BCUT2D eigenvalue weighted by Gasteiger charge is 2.36. The molecule has 1 saturated carbocycles. The van der Waals surface area contributed by atoms with E-state index in [0.717, 1.165) is 46.7 Å². The number of aryl methyl sites for hydroxylation is 3. The molecule has 7 nitrogen and oxygen atoms in total. The molecule has 0 spiro atoms. The molecular weight excluding hydrogens is 614 g/mol. The van der Waals surface area contributed by atoms with Crippen molar-refractivity contribution in [1.82, 2.24) is 10.2 Å². The zero-order valence-corrected chi connectivity index (χ0v) is 28.0. The molecule has 0 heterocycles. The quantitative estimate of drug-likeness (QED) is 0.185. The number of carbonyl (C=O) groups excluding carboxylic acids is 2. The van der Waals surface area contributed by atoms with Gasteiger partial charge < -0.3 is 10.2 Å². The van der Waals surface area contributed by atoms with Crippen molar-refractivity contribution in [2.75, 3.05) is 10.8 Å². The fourth-order valence-electron chi connectivity index (χ4n) is 6.17. The van der Waals surface area contributed by atoms with Gasteiger partial charge in [0.25, 0.3) is 10.0 Å². The summed E-state index contributed by atoms with van der Waals surface area (Å²) in [6, 6.07) is 26.3. The monoisotopic (exact) mass is 655 g/mol. The van der Waals surface area contributed by atoms with Crippen molar-refractivity contribution in [3.63, 3.8) is 0 Å². The number of hydrogen-bond acceptors (Lipinski definition) is 4. The average molecular weight is 656 g/mol. The maximum atomic E-state index is 15.1. The van der Waals surface area contributed by atoms with E-state index in [9.17, 15) is 18.0 Å². The van der Waals surface area contributed by atoms with Crippen LogP contribution in [0, 0.1) is 26.6 Å². The maximum absolute atomic E-state index is 15.1. The molecule has 0 unspecified atom stereocenters. The fraction of sp³-hybridized carbons (Fsp3) is 0.316. The molecule has 0 aromatic heterocycles. The predicted octanol–water partition coefficient (Wildman–Crippen LogP) is 6.65. The molecule has 1 N–H and O–H groups in total. The Morgan fingerprint density at radius 3 is 2.15 bits per heavy atom. The summed E-state index contributed by atoms with van der Waals surface area (Å²) in [4.78, 5) is 30.1. The van der Waals surface area contributed by atoms with Crippen LogP contribution in [0.1, 0.15) is 53.5 Å². The summed E-state index contributed by atoms with van der Waals surface area (Å²) in [6.45, 7) is 4.78. The number of anilines is 1. The molecule has 2 amide bonds. The summed E-state index contributed by atoms with van der Waals surface area (Å²) >= 11 is 0. The molecule has 1 atom stereocenters. The van der Waals surface area contributed by atoms with Crippen LogP contribution in [0.3, 0.4) is 0 Å². The molecule has 1 aliphatic rings. The van der Waals surface area contributed by atoms with Gasteiger partial charge in [-0.25, -0.2) is 12.8 Å². The molecule has 1 fully saturated rings. The van der Waals surface area contributed by atoms with Crippen LogP contribution in [0.5, 0.6) is 0 Å². The van der Waals surface area contributed by atoms with Crippen molar-refractivity contribution >= 4 is 27.5 Å². The lowest BCUT2D eigenvalue weighted by molar-refractivity contribution is -0.140. The summed E-state index contributed by atoms with van der Waals surface area (Å²) in [5.41, 5.74) is 3.92. The Labute approximate surface area is 277 Å². The number of sulfonamides is 1. The van der Waals surface area contributed by atoms with Gasteiger partial charge in [-0.05, 0) is 69.0 Å². The first-order chi connectivity index (χ1) is 22.5. The van der Waals surface area contributed by atoms with Crippen molar-refractivity contribution in [3.8, 4) is 0 Å². The molecule has 246 valence electrons. The Hall–Kier alpha value is -4.50. The lowest BCUT2D eigenvalue weighted by Gasteiger charge is -2.34. The summed E-state index contributed by atoms with van der Waals surface area (Å²) in [5.74, 6) is -1.48. The zero-order chi connectivity index (χ0) is 33.6. The molecule has 4 aromatic carbocycles. The SMILES string of the molecule is Cc1ccc(S(=O)(=O)N(CC(=O)N(Cc2ccccc2F)[C@@H](Cc2ccccc2)C(=O)NC2CCCC2)c2ccc(C)cc2C)cc1. The number of rotatable bonds is 12. The van der Waals surface area contributed by atoms with Crippen molar-refractivity contribution in [2.45, 2.75) is 76.4 Å². The number of nitrogens with one attached hydrogen (secondary N) is 1. The van der Waals surface area contributed by atoms with Crippen LogP contribution in [0.4, 0.5) is 10.1 Å². The Morgan fingerprint density at radius 1 is 0.851 bits per heavy atom. The molecule has 4 aromatic rings. The van der Waals surface area contributed by atoms with Gasteiger partial charge in [-0.1, -0.05) is 96.8 Å². The van der Waals surface area contributed by atoms with Gasteiger partial charge in [-0.2, -0.15) is 0 Å². The molecule has 1 aliphatic carbocycles. The van der Waals surface area contributed by atoms with Crippen molar-refractivity contribution in [1.29, 1.82) is 0 Å². The molecule has 5 rings (SSSR count). The van der Waals surface area contributed by atoms with Gasteiger partial charge >= 0.3 is 0 Å². The van der Waals surface area contributed by atoms with Crippen LogP contribution < -0.4 is 9.62 Å². The molecule has 0 radical (unpaired) electrons. The minimum atomic E-state index is -4.23. The van der Waals surface area contributed by atoms with Gasteiger partial charge in [-0.15, -0.1) is 0 Å². The second-order valence-electron chi connectivity index (χ2n) is 12.4. The minimum absolute atomic E-state index is 0.0141. The third kappa shape index (κ3) is 8.27. The standard InChI is InChI=1S/C38H42FN3O4S/c1-27-17-20-33(21-18-27)47(45,46)42(35-22-19-28(2)23-29(35)3)26-37(43)41(25-31-13-7-10-16-34(31)39)36(24-30-11-5-4-6-12-30)38(44)40-32-14-8-9-15-32/h4-7,10-13,16-23,32,36H,8-9,14-15,24-26H2,1-3H3,(H,40,44)/t36-/m0/s1. The topological polar surface area (TPSA) is 86.8 Å². The second-order valence-corrected chi connectivity index (χ2v) is 14.3. The third-order valence-electron chi connectivity index (χ3n) is 8.78. The Bertz CT molecular complexity index is 1810. The molecular formula is C38H42FN3O4S. The number of amides is 2. The molecule has 0 saturated heterocycles. The molecule has 0 aliphatic heterocycles. The Morgan fingerprint density at radius 2 is 1.49 bits per heavy atom. The first-order valence-electron chi connectivity index (χ1n) is 16.1. The van der Waals surface area contributed by atoms with Gasteiger partial charge in [0.1, 0.15) is 18.4 Å². The summed E-state index contributed by atoms with van der Waals surface area (Å²) in [5, 5.41) is 3.14. The van der Waals surface area contributed by atoms with Gasteiger partial charge in [0.2, 0.25) is 11.8 Å². The van der Waals surface area contributed by atoms with Crippen LogP contribution in [0.2, 0.25) is 0 Å². The Kier molecular flexibility index (Phi) is 10.8. The van der Waals surface area contributed by atoms with E-state index < -0.39 is 34.3 Å². The number of carbonyl (C=O) groups is 2. The van der Waals surface area contributed by atoms with Gasteiger partial charge in [0, 0.05) is 24.6 Å². The first kappa shape index (κ1) is 33.9. The molecule has 0 bridgehead atoms. The van der Waals surface area contributed by atoms with Crippen LogP contribution in [-0.4, -0.2) is 43.8 Å². The number of halogens is 1. The highest BCUT2D eigenvalue weighted by molar-refractivity contribution is 7.92. The highest BCUT2D eigenvalue weighted by Crippen LogP contribution is 2.29. The van der Waals surface area contributed by atoms with Gasteiger partial charge in [0.15, 0.2) is 0 Å². The van der Waals surface area contributed by atoms with Crippen LogP contribution in [0.15, 0.2) is 102 Å². The second kappa shape index (κ2) is 14.9. The summed E-state index contributed by atoms with van der Waals surface area (Å²) in [7, 11) is -4.23. The normalized spacial score (nSPS) is 14.0. The van der Waals surface area contributed by atoms with E-state index >= 15 is 4.39 Å². The number of hydrogen-bond donors (Lipinski definition) is 1. The predicted molar refractivity (Wildman–Crippen MR) is 183 cm³/mol. The van der Waals surface area contributed by atoms with E-state index in [1.54, 1.807) is 49.4 Å². The lowest BCUT2D eigenvalue weighted by atomic mass is 10.0. The maximum Gasteiger partial charge on any atom is 0.264 e. The molecule has 9 heteroatoms. The third-order valence-corrected chi connectivity index (χ3v) is 10.6.